The molecular formula is C9H6N4O. The van der Waals surface area contributed by atoms with Crippen LogP contribution in [-0.2, 0) is 0 Å². The fraction of sp³-hybridized carbons (Fsp3) is 0. The molecule has 68 valence electrons. The van der Waals surface area contributed by atoms with E-state index in [4.69, 9.17) is 11.0 Å². The Labute approximate surface area is 79.0 Å². The SMILES string of the molecule is N#Cc1cnc2cccc(N)n2c1=O. The van der Waals surface area contributed by atoms with Crippen LogP contribution in [0.1, 0.15) is 5.56 Å². The van der Waals surface area contributed by atoms with E-state index in [1.54, 1.807) is 24.3 Å². The van der Waals surface area contributed by atoms with Crippen LogP contribution in [0.25, 0.3) is 5.65 Å². The number of rotatable bonds is 0. The van der Waals surface area contributed by atoms with E-state index in [2.05, 4.69) is 4.98 Å². The molecule has 0 fully saturated rings. The molecule has 0 aliphatic carbocycles. The van der Waals surface area contributed by atoms with Gasteiger partial charge in [-0.2, -0.15) is 5.26 Å². The van der Waals surface area contributed by atoms with Crippen molar-refractivity contribution < 1.29 is 0 Å². The van der Waals surface area contributed by atoms with E-state index < -0.39 is 5.56 Å². The van der Waals surface area contributed by atoms with Gasteiger partial charge in [0.15, 0.2) is 0 Å². The number of pyridine rings is 1. The Bertz CT molecular complexity index is 594. The summed E-state index contributed by atoms with van der Waals surface area (Å²) in [5, 5.41) is 8.62. The molecule has 2 heterocycles. The van der Waals surface area contributed by atoms with Crippen molar-refractivity contribution in [1.82, 2.24) is 9.38 Å². The Kier molecular flexibility index (Phi) is 1.68. The molecule has 2 rings (SSSR count). The highest BCUT2D eigenvalue weighted by Crippen LogP contribution is 2.03. The van der Waals surface area contributed by atoms with Gasteiger partial charge in [0.1, 0.15) is 23.1 Å². The van der Waals surface area contributed by atoms with Gasteiger partial charge in [0.05, 0.1) is 6.20 Å². The van der Waals surface area contributed by atoms with Gasteiger partial charge >= 0.3 is 0 Å². The standard InChI is InChI=1S/C9H6N4O/c10-4-6-5-12-8-3-1-2-7(11)13(8)9(6)14/h1-3,5H,11H2. The summed E-state index contributed by atoms with van der Waals surface area (Å²) in [5.41, 5.74) is 5.58. The molecule has 0 atom stereocenters. The van der Waals surface area contributed by atoms with E-state index in [1.807, 2.05) is 0 Å². The molecule has 2 aromatic rings. The molecular weight excluding hydrogens is 180 g/mol. The lowest BCUT2D eigenvalue weighted by molar-refractivity contribution is 1.04. The minimum atomic E-state index is -0.435. The van der Waals surface area contributed by atoms with E-state index in [0.29, 0.717) is 5.65 Å². The summed E-state index contributed by atoms with van der Waals surface area (Å²) in [7, 11) is 0. The number of nitrogens with zero attached hydrogens (tertiary/aromatic N) is 3. The topological polar surface area (TPSA) is 84.2 Å². The van der Waals surface area contributed by atoms with E-state index in [9.17, 15) is 4.79 Å². The molecule has 0 unspecified atom stereocenters. The fourth-order valence-electron chi connectivity index (χ4n) is 1.22. The second-order valence-electron chi connectivity index (χ2n) is 2.73. The van der Waals surface area contributed by atoms with Crippen LogP contribution in [-0.4, -0.2) is 9.38 Å². The molecule has 0 amide bonds. The molecule has 0 aromatic carbocycles. The Morgan fingerprint density at radius 2 is 2.29 bits per heavy atom. The van der Waals surface area contributed by atoms with Crippen molar-refractivity contribution in [3.63, 3.8) is 0 Å². The minimum absolute atomic E-state index is 0.0135. The summed E-state index contributed by atoms with van der Waals surface area (Å²) >= 11 is 0. The Hall–Kier alpha value is -2.35. The highest BCUT2D eigenvalue weighted by molar-refractivity contribution is 5.48. The third kappa shape index (κ3) is 1.02. The fourth-order valence-corrected chi connectivity index (χ4v) is 1.22. The molecule has 0 saturated carbocycles. The molecule has 2 aromatic heterocycles. The summed E-state index contributed by atoms with van der Waals surface area (Å²) in [5.74, 6) is 0.275. The third-order valence-corrected chi connectivity index (χ3v) is 1.88. The first-order valence-corrected chi connectivity index (χ1v) is 3.90. The molecule has 14 heavy (non-hydrogen) atoms. The lowest BCUT2D eigenvalue weighted by Crippen LogP contribution is -2.20. The minimum Gasteiger partial charge on any atom is -0.385 e. The van der Waals surface area contributed by atoms with Crippen LogP contribution in [0.15, 0.2) is 29.2 Å². The number of fused-ring (bicyclic) bond motifs is 1. The summed E-state index contributed by atoms with van der Waals surface area (Å²) in [6.45, 7) is 0. The zero-order chi connectivity index (χ0) is 10.1. The number of hydrogen-bond acceptors (Lipinski definition) is 4. The maximum Gasteiger partial charge on any atom is 0.277 e. The Morgan fingerprint density at radius 1 is 1.50 bits per heavy atom. The van der Waals surface area contributed by atoms with Gasteiger partial charge in [0.2, 0.25) is 0 Å². The van der Waals surface area contributed by atoms with Crippen molar-refractivity contribution in [1.29, 1.82) is 5.26 Å². The van der Waals surface area contributed by atoms with Gasteiger partial charge in [-0.1, -0.05) is 6.07 Å². The van der Waals surface area contributed by atoms with Crippen LogP contribution in [0.4, 0.5) is 5.82 Å². The van der Waals surface area contributed by atoms with Crippen LogP contribution < -0.4 is 11.3 Å². The normalized spacial score (nSPS) is 9.93. The third-order valence-electron chi connectivity index (χ3n) is 1.88. The first kappa shape index (κ1) is 8.26. The quantitative estimate of drug-likeness (QED) is 0.634. The largest absolute Gasteiger partial charge is 0.385 e. The van der Waals surface area contributed by atoms with Crippen LogP contribution in [0.5, 0.6) is 0 Å². The second-order valence-corrected chi connectivity index (χ2v) is 2.73. The monoisotopic (exact) mass is 186 g/mol. The van der Waals surface area contributed by atoms with Gasteiger partial charge in [0, 0.05) is 0 Å². The number of anilines is 1. The zero-order valence-corrected chi connectivity index (χ0v) is 7.14. The van der Waals surface area contributed by atoms with E-state index in [0.717, 1.165) is 0 Å². The van der Waals surface area contributed by atoms with Crippen molar-refractivity contribution in [3.05, 3.63) is 40.3 Å². The lowest BCUT2D eigenvalue weighted by Gasteiger charge is -2.02. The van der Waals surface area contributed by atoms with Gasteiger partial charge in [-0.05, 0) is 12.1 Å². The molecule has 5 heteroatoms. The van der Waals surface area contributed by atoms with Crippen molar-refractivity contribution in [2.24, 2.45) is 0 Å². The predicted octanol–water partition coefficient (Wildman–Crippen LogP) is 0.148. The number of hydrogen-bond donors (Lipinski definition) is 1. The second kappa shape index (κ2) is 2.85. The molecule has 0 aliphatic heterocycles. The Morgan fingerprint density at radius 3 is 3.00 bits per heavy atom. The zero-order valence-electron chi connectivity index (χ0n) is 7.14. The predicted molar refractivity (Wildman–Crippen MR) is 50.6 cm³/mol. The number of nitrogens with two attached hydrogens (primary N) is 1. The first-order chi connectivity index (χ1) is 6.74. The van der Waals surface area contributed by atoms with Crippen molar-refractivity contribution in [2.45, 2.75) is 0 Å². The van der Waals surface area contributed by atoms with Gasteiger partial charge in [-0.25, -0.2) is 9.38 Å². The summed E-state index contributed by atoms with van der Waals surface area (Å²) in [6, 6.07) is 6.69. The van der Waals surface area contributed by atoms with E-state index >= 15 is 0 Å². The van der Waals surface area contributed by atoms with E-state index in [-0.39, 0.29) is 11.4 Å². The average molecular weight is 186 g/mol. The molecule has 0 radical (unpaired) electrons. The van der Waals surface area contributed by atoms with Gasteiger partial charge in [0.25, 0.3) is 5.56 Å². The summed E-state index contributed by atoms with van der Waals surface area (Å²) < 4.78 is 1.21. The molecule has 0 spiro atoms. The number of nitriles is 1. The van der Waals surface area contributed by atoms with Crippen molar-refractivity contribution >= 4 is 11.5 Å². The average Bonchev–Trinajstić information content (AvgIpc) is 2.18. The highest BCUT2D eigenvalue weighted by Gasteiger charge is 2.04. The van der Waals surface area contributed by atoms with Gasteiger partial charge < -0.3 is 5.73 Å². The van der Waals surface area contributed by atoms with Crippen LogP contribution in [0.3, 0.4) is 0 Å². The molecule has 0 saturated heterocycles. The first-order valence-electron chi connectivity index (χ1n) is 3.90. The lowest BCUT2D eigenvalue weighted by atomic mass is 10.3. The molecule has 2 N–H and O–H groups in total. The Balaban J connectivity index is 3.03. The van der Waals surface area contributed by atoms with Gasteiger partial charge in [-0.3, -0.25) is 4.79 Å². The summed E-state index contributed by atoms with van der Waals surface area (Å²) in [4.78, 5) is 15.5. The van der Waals surface area contributed by atoms with Crippen LogP contribution in [0.2, 0.25) is 0 Å². The molecule has 0 aliphatic rings. The summed E-state index contributed by atoms with van der Waals surface area (Å²) in [6.07, 6.45) is 1.25. The van der Waals surface area contributed by atoms with Crippen molar-refractivity contribution in [2.75, 3.05) is 5.73 Å². The maximum absolute atomic E-state index is 11.6. The number of aromatic nitrogens is 2. The molecule has 5 nitrogen and oxygen atoms in total. The van der Waals surface area contributed by atoms with E-state index in [1.165, 1.54) is 10.6 Å². The smallest absolute Gasteiger partial charge is 0.277 e. The maximum atomic E-state index is 11.6. The highest BCUT2D eigenvalue weighted by atomic mass is 16.1. The van der Waals surface area contributed by atoms with Crippen LogP contribution in [0, 0.1) is 11.3 Å². The molecule has 0 bridgehead atoms. The van der Waals surface area contributed by atoms with Gasteiger partial charge in [-0.15, -0.1) is 0 Å². The van der Waals surface area contributed by atoms with Crippen molar-refractivity contribution in [3.8, 4) is 6.07 Å². The van der Waals surface area contributed by atoms with Crippen LogP contribution >= 0.6 is 0 Å². The number of nitrogen functional groups attached to an aromatic ring is 1.